The standard InChI is InChI=1S/C18H30O5/c1-18(2)13-15(21)16(17(22)23-18)14(20)11-9-7-5-3-4-6-8-10-12-19/h19-20H,3-13H2,1-2H3/b16-14-. The van der Waals surface area contributed by atoms with E-state index in [1.807, 2.05) is 0 Å². The van der Waals surface area contributed by atoms with Crippen molar-refractivity contribution in [1.82, 2.24) is 0 Å². The van der Waals surface area contributed by atoms with Gasteiger partial charge in [-0.1, -0.05) is 38.5 Å². The molecule has 2 N–H and O–H groups in total. The van der Waals surface area contributed by atoms with Crippen LogP contribution in [-0.2, 0) is 14.3 Å². The molecule has 1 rings (SSSR count). The normalized spacial score (nSPS) is 19.6. The molecule has 0 aromatic carbocycles. The van der Waals surface area contributed by atoms with Crippen LogP contribution in [-0.4, -0.2) is 34.2 Å². The molecular weight excluding hydrogens is 296 g/mol. The fraction of sp³-hybridized carbons (Fsp3) is 0.778. The summed E-state index contributed by atoms with van der Waals surface area (Å²) in [5.41, 5.74) is -0.943. The highest BCUT2D eigenvalue weighted by Gasteiger charge is 2.39. The van der Waals surface area contributed by atoms with Crippen molar-refractivity contribution in [3.63, 3.8) is 0 Å². The van der Waals surface area contributed by atoms with E-state index in [1.54, 1.807) is 13.8 Å². The van der Waals surface area contributed by atoms with Gasteiger partial charge in [-0.3, -0.25) is 4.79 Å². The second kappa shape index (κ2) is 9.71. The first-order valence-electron chi connectivity index (χ1n) is 8.67. The van der Waals surface area contributed by atoms with E-state index >= 15 is 0 Å². The molecule has 0 spiro atoms. The number of unbranched alkanes of at least 4 members (excludes halogenated alkanes) is 7. The highest BCUT2D eigenvalue weighted by atomic mass is 16.6. The van der Waals surface area contributed by atoms with Crippen LogP contribution in [0.25, 0.3) is 0 Å². The predicted molar refractivity (Wildman–Crippen MR) is 88.1 cm³/mol. The lowest BCUT2D eigenvalue weighted by molar-refractivity contribution is -0.159. The van der Waals surface area contributed by atoms with Crippen LogP contribution in [0.5, 0.6) is 0 Å². The molecule has 1 heterocycles. The minimum absolute atomic E-state index is 0.117. The molecule has 0 amide bonds. The monoisotopic (exact) mass is 326 g/mol. The first kappa shape index (κ1) is 19.7. The van der Waals surface area contributed by atoms with Crippen molar-refractivity contribution in [2.45, 2.75) is 83.7 Å². The van der Waals surface area contributed by atoms with E-state index in [0.29, 0.717) is 6.42 Å². The Morgan fingerprint density at radius 2 is 1.52 bits per heavy atom. The van der Waals surface area contributed by atoms with E-state index < -0.39 is 11.6 Å². The number of rotatable bonds is 10. The average Bonchev–Trinajstić information content (AvgIpc) is 2.43. The third-order valence-electron chi connectivity index (χ3n) is 4.05. The largest absolute Gasteiger partial charge is 0.511 e. The van der Waals surface area contributed by atoms with E-state index in [1.165, 1.54) is 0 Å². The van der Waals surface area contributed by atoms with Crippen LogP contribution in [0.3, 0.4) is 0 Å². The SMILES string of the molecule is CC1(C)CC(=O)/C(=C(/O)CCCCCCCCCCO)C(=O)O1. The lowest BCUT2D eigenvalue weighted by Crippen LogP contribution is -2.39. The number of hydrogen-bond donors (Lipinski definition) is 2. The molecule has 132 valence electrons. The molecule has 0 bridgehead atoms. The highest BCUT2D eigenvalue weighted by molar-refractivity contribution is 6.19. The van der Waals surface area contributed by atoms with Gasteiger partial charge >= 0.3 is 5.97 Å². The summed E-state index contributed by atoms with van der Waals surface area (Å²) >= 11 is 0. The number of carbonyl (C=O) groups is 2. The van der Waals surface area contributed by atoms with Gasteiger partial charge in [-0.15, -0.1) is 0 Å². The van der Waals surface area contributed by atoms with E-state index in [4.69, 9.17) is 9.84 Å². The van der Waals surface area contributed by atoms with E-state index in [2.05, 4.69) is 0 Å². The number of allylic oxidation sites excluding steroid dienone is 1. The third kappa shape index (κ3) is 7.16. The Morgan fingerprint density at radius 1 is 1.00 bits per heavy atom. The molecular formula is C18H30O5. The predicted octanol–water partition coefficient (Wildman–Crippen LogP) is 3.60. The van der Waals surface area contributed by atoms with Crippen LogP contribution in [0, 0.1) is 0 Å². The molecule has 1 fully saturated rings. The third-order valence-corrected chi connectivity index (χ3v) is 4.05. The second-order valence-corrected chi connectivity index (χ2v) is 6.87. The minimum Gasteiger partial charge on any atom is -0.511 e. The van der Waals surface area contributed by atoms with Gasteiger partial charge in [-0.25, -0.2) is 4.79 Å². The van der Waals surface area contributed by atoms with Gasteiger partial charge < -0.3 is 14.9 Å². The summed E-state index contributed by atoms with van der Waals surface area (Å²) in [5.74, 6) is -1.15. The van der Waals surface area contributed by atoms with Crippen molar-refractivity contribution in [3.8, 4) is 0 Å². The Balaban J connectivity index is 2.26. The van der Waals surface area contributed by atoms with Gasteiger partial charge in [0.15, 0.2) is 5.78 Å². The van der Waals surface area contributed by atoms with Crippen LogP contribution >= 0.6 is 0 Å². The van der Waals surface area contributed by atoms with Gasteiger partial charge in [0, 0.05) is 13.0 Å². The molecule has 1 aliphatic heterocycles. The Bertz CT molecular complexity index is 415. The molecule has 0 aromatic rings. The average molecular weight is 326 g/mol. The molecule has 5 heteroatoms. The van der Waals surface area contributed by atoms with E-state index in [-0.39, 0.29) is 30.1 Å². The van der Waals surface area contributed by atoms with Crippen LogP contribution < -0.4 is 0 Å². The molecule has 5 nitrogen and oxygen atoms in total. The summed E-state index contributed by atoms with van der Waals surface area (Å²) in [4.78, 5) is 23.8. The smallest absolute Gasteiger partial charge is 0.345 e. The minimum atomic E-state index is -0.784. The van der Waals surface area contributed by atoms with Crippen LogP contribution in [0.4, 0.5) is 0 Å². The topological polar surface area (TPSA) is 83.8 Å². The molecule has 0 saturated carbocycles. The van der Waals surface area contributed by atoms with Gasteiger partial charge in [0.1, 0.15) is 16.9 Å². The number of aliphatic hydroxyl groups is 2. The zero-order valence-electron chi connectivity index (χ0n) is 14.4. The van der Waals surface area contributed by atoms with Crippen molar-refractivity contribution >= 4 is 11.8 Å². The zero-order chi connectivity index (χ0) is 17.3. The maximum Gasteiger partial charge on any atom is 0.345 e. The molecule has 0 atom stereocenters. The van der Waals surface area contributed by atoms with E-state index in [0.717, 1.165) is 51.4 Å². The fourth-order valence-corrected chi connectivity index (χ4v) is 2.80. The number of ketones is 1. The summed E-state index contributed by atoms with van der Waals surface area (Å²) in [6.07, 6.45) is 8.66. The molecule has 0 unspecified atom stereocenters. The summed E-state index contributed by atoms with van der Waals surface area (Å²) in [5, 5.41) is 18.7. The van der Waals surface area contributed by atoms with Gasteiger partial charge in [-0.05, 0) is 26.7 Å². The van der Waals surface area contributed by atoms with Gasteiger partial charge in [-0.2, -0.15) is 0 Å². The summed E-state index contributed by atoms with van der Waals surface area (Å²) < 4.78 is 5.17. The van der Waals surface area contributed by atoms with Crippen molar-refractivity contribution < 1.29 is 24.5 Å². The molecule has 0 radical (unpaired) electrons. The Labute approximate surface area is 138 Å². The number of Topliss-reactive ketones (excluding diaryl/α,β-unsaturated/α-hetero) is 1. The molecule has 0 aliphatic carbocycles. The zero-order valence-corrected chi connectivity index (χ0v) is 14.4. The second-order valence-electron chi connectivity index (χ2n) is 6.87. The summed E-state index contributed by atoms with van der Waals surface area (Å²) in [6, 6.07) is 0. The molecule has 23 heavy (non-hydrogen) atoms. The number of ether oxygens (including phenoxy) is 1. The molecule has 0 aromatic heterocycles. The van der Waals surface area contributed by atoms with Crippen molar-refractivity contribution in [3.05, 3.63) is 11.3 Å². The van der Waals surface area contributed by atoms with Gasteiger partial charge in [0.25, 0.3) is 0 Å². The van der Waals surface area contributed by atoms with Crippen molar-refractivity contribution in [2.75, 3.05) is 6.61 Å². The van der Waals surface area contributed by atoms with Crippen molar-refractivity contribution in [1.29, 1.82) is 0 Å². The maximum absolute atomic E-state index is 12.0. The Kier molecular flexibility index (Phi) is 8.31. The van der Waals surface area contributed by atoms with Crippen LogP contribution in [0.1, 0.15) is 78.1 Å². The fourth-order valence-electron chi connectivity index (χ4n) is 2.80. The van der Waals surface area contributed by atoms with Crippen LogP contribution in [0.15, 0.2) is 11.3 Å². The highest BCUT2D eigenvalue weighted by Crippen LogP contribution is 2.28. The Morgan fingerprint density at radius 3 is 2.04 bits per heavy atom. The summed E-state index contributed by atoms with van der Waals surface area (Å²) in [6.45, 7) is 3.65. The van der Waals surface area contributed by atoms with Gasteiger partial charge in [0.05, 0.1) is 6.42 Å². The lowest BCUT2D eigenvalue weighted by atomic mass is 9.92. The number of aliphatic hydroxyl groups excluding tert-OH is 2. The first-order valence-corrected chi connectivity index (χ1v) is 8.67. The first-order chi connectivity index (χ1) is 10.9. The molecule has 1 saturated heterocycles. The van der Waals surface area contributed by atoms with E-state index in [9.17, 15) is 14.7 Å². The lowest BCUT2D eigenvalue weighted by Gasteiger charge is -2.29. The van der Waals surface area contributed by atoms with Crippen LogP contribution in [0.2, 0.25) is 0 Å². The molecule has 1 aliphatic rings. The number of esters is 1. The number of carbonyl (C=O) groups excluding carboxylic acids is 2. The number of hydrogen-bond acceptors (Lipinski definition) is 5. The van der Waals surface area contributed by atoms with Gasteiger partial charge in [0.2, 0.25) is 0 Å². The van der Waals surface area contributed by atoms with Crippen molar-refractivity contribution in [2.24, 2.45) is 0 Å². The number of cyclic esters (lactones) is 1. The maximum atomic E-state index is 12.0. The quantitative estimate of drug-likeness (QED) is 0.211. The summed E-state index contributed by atoms with van der Waals surface area (Å²) in [7, 11) is 0. The Hall–Kier alpha value is -1.36.